The molecular weight excluding hydrogens is 264 g/mol. The third-order valence-corrected chi connectivity index (χ3v) is 4.91. The lowest BCUT2D eigenvalue weighted by atomic mass is 10.00. The minimum atomic E-state index is 1.36. The summed E-state index contributed by atoms with van der Waals surface area (Å²) in [5.41, 5.74) is 0. The fourth-order valence-corrected chi connectivity index (χ4v) is 4.08. The highest BCUT2D eigenvalue weighted by Crippen LogP contribution is 2.47. The lowest BCUT2D eigenvalue weighted by Crippen LogP contribution is -1.76. The molecule has 0 aliphatic rings. The van der Waals surface area contributed by atoms with E-state index in [9.17, 15) is 0 Å². The van der Waals surface area contributed by atoms with Crippen LogP contribution in [0.3, 0.4) is 0 Å². The summed E-state index contributed by atoms with van der Waals surface area (Å²) in [6.45, 7) is 4.00. The first-order valence-electron chi connectivity index (χ1n) is 8.05. The van der Waals surface area contributed by atoms with Crippen molar-refractivity contribution in [2.75, 3.05) is 0 Å². The molecule has 0 atom stereocenters. The Morgan fingerprint density at radius 2 is 0.455 bits per heavy atom. The summed E-state index contributed by atoms with van der Waals surface area (Å²) in [5, 5.41) is 14.1. The van der Waals surface area contributed by atoms with Gasteiger partial charge in [0.25, 0.3) is 0 Å². The summed E-state index contributed by atoms with van der Waals surface area (Å²) in [5.74, 6) is 0. The Morgan fingerprint density at radius 3 is 0.591 bits per heavy atom. The Labute approximate surface area is 129 Å². The van der Waals surface area contributed by atoms with Gasteiger partial charge in [-0.2, -0.15) is 0 Å². The quantitative estimate of drug-likeness (QED) is 0.269. The molecule has 0 saturated carbocycles. The summed E-state index contributed by atoms with van der Waals surface area (Å²) in [6, 6.07) is 22.6. The van der Waals surface area contributed by atoms with E-state index in [2.05, 4.69) is 60.7 Å². The van der Waals surface area contributed by atoms with Crippen molar-refractivity contribution in [3.8, 4) is 0 Å². The molecule has 0 nitrogen and oxygen atoms in total. The molecule has 0 saturated heterocycles. The van der Waals surface area contributed by atoms with E-state index in [-0.39, 0.29) is 0 Å². The van der Waals surface area contributed by atoms with Crippen LogP contribution in [-0.4, -0.2) is 0 Å². The van der Waals surface area contributed by atoms with Crippen molar-refractivity contribution < 1.29 is 0 Å². The van der Waals surface area contributed by atoms with Gasteiger partial charge in [-0.25, -0.2) is 0 Å². The maximum Gasteiger partial charge on any atom is -0.00139 e. The average molecular weight is 280 g/mol. The second-order valence-electron chi connectivity index (χ2n) is 5.82. The molecule has 104 valence electrons. The molecule has 6 rings (SSSR count). The maximum atomic E-state index is 2.26. The molecule has 0 radical (unpaired) electrons. The third-order valence-electron chi connectivity index (χ3n) is 4.91. The van der Waals surface area contributed by atoms with Gasteiger partial charge in [-0.05, 0) is 53.9 Å². The highest BCUT2D eigenvalue weighted by molar-refractivity contribution is 6.44. The summed E-state index contributed by atoms with van der Waals surface area (Å²) < 4.78 is 0. The Bertz CT molecular complexity index is 925. The maximum absolute atomic E-state index is 2.26. The third kappa shape index (κ3) is 1.20. The van der Waals surface area contributed by atoms with E-state index in [0.29, 0.717) is 0 Å². The molecule has 0 spiro atoms. The van der Waals surface area contributed by atoms with Crippen LogP contribution in [0.5, 0.6) is 0 Å². The van der Waals surface area contributed by atoms with E-state index < -0.39 is 0 Å². The van der Waals surface area contributed by atoms with Crippen LogP contribution in [0.4, 0.5) is 0 Å². The van der Waals surface area contributed by atoms with E-state index >= 15 is 0 Å². The van der Waals surface area contributed by atoms with Gasteiger partial charge in [0.05, 0.1) is 0 Å². The molecule has 0 bridgehead atoms. The van der Waals surface area contributed by atoms with Gasteiger partial charge in [0.15, 0.2) is 0 Å². The molecular formula is C22H16. The van der Waals surface area contributed by atoms with Crippen molar-refractivity contribution >= 4 is 53.9 Å². The predicted octanol–water partition coefficient (Wildman–Crippen LogP) is 6.79. The number of rotatable bonds is 0. The van der Waals surface area contributed by atoms with Crippen molar-refractivity contribution in [1.29, 1.82) is 0 Å². The monoisotopic (exact) mass is 280 g/mol. The van der Waals surface area contributed by atoms with Crippen LogP contribution in [0.2, 0.25) is 0 Å². The lowest BCUT2D eigenvalue weighted by molar-refractivity contribution is 1.50. The Morgan fingerprint density at radius 1 is 0.318 bits per heavy atom. The minimum absolute atomic E-state index is 1.36. The van der Waals surface area contributed by atoms with Crippen LogP contribution in [0, 0.1) is 0 Å². The summed E-state index contributed by atoms with van der Waals surface area (Å²) in [4.78, 5) is 0. The SMILES string of the molecule is CC.c1cc2ccc3ccc4ccc5ccc1c1c2c3c4c51. The summed E-state index contributed by atoms with van der Waals surface area (Å²) in [6.07, 6.45) is 0. The molecule has 0 aliphatic carbocycles. The van der Waals surface area contributed by atoms with Gasteiger partial charge in [-0.3, -0.25) is 0 Å². The van der Waals surface area contributed by atoms with Crippen molar-refractivity contribution in [1.82, 2.24) is 0 Å². The molecule has 22 heavy (non-hydrogen) atoms. The Hall–Kier alpha value is -2.60. The van der Waals surface area contributed by atoms with Crippen LogP contribution in [0.25, 0.3) is 53.9 Å². The van der Waals surface area contributed by atoms with Gasteiger partial charge in [-0.15, -0.1) is 0 Å². The highest BCUT2D eigenvalue weighted by atomic mass is 14.2. The zero-order valence-corrected chi connectivity index (χ0v) is 12.8. The van der Waals surface area contributed by atoms with E-state index in [0.717, 1.165) is 0 Å². The van der Waals surface area contributed by atoms with Crippen molar-refractivity contribution in [2.24, 2.45) is 0 Å². The van der Waals surface area contributed by atoms with E-state index in [4.69, 9.17) is 0 Å². The smallest absolute Gasteiger partial charge is 0.00139 e. The van der Waals surface area contributed by atoms with Crippen molar-refractivity contribution in [3.05, 3.63) is 60.7 Å². The topological polar surface area (TPSA) is 0 Å². The molecule has 0 heteroatoms. The zero-order chi connectivity index (χ0) is 14.8. The average Bonchev–Trinajstić information content (AvgIpc) is 2.97. The first kappa shape index (κ1) is 12.0. The van der Waals surface area contributed by atoms with Crippen LogP contribution < -0.4 is 0 Å². The van der Waals surface area contributed by atoms with Gasteiger partial charge < -0.3 is 0 Å². The molecule has 0 aliphatic heterocycles. The van der Waals surface area contributed by atoms with E-state index in [1.54, 1.807) is 0 Å². The van der Waals surface area contributed by atoms with Crippen LogP contribution in [-0.2, 0) is 0 Å². The fourth-order valence-electron chi connectivity index (χ4n) is 4.08. The molecule has 0 amide bonds. The first-order chi connectivity index (χ1) is 10.9. The Kier molecular flexibility index (Phi) is 2.17. The Balaban J connectivity index is 0.000000544. The highest BCUT2D eigenvalue weighted by Gasteiger charge is 2.18. The molecule has 6 aromatic rings. The van der Waals surface area contributed by atoms with E-state index in [1.165, 1.54) is 53.9 Å². The molecule has 0 aromatic heterocycles. The van der Waals surface area contributed by atoms with Crippen LogP contribution in [0.15, 0.2) is 60.7 Å². The molecule has 0 fully saturated rings. The minimum Gasteiger partial charge on any atom is -0.0683 e. The van der Waals surface area contributed by atoms with Crippen molar-refractivity contribution in [3.63, 3.8) is 0 Å². The zero-order valence-electron chi connectivity index (χ0n) is 12.8. The van der Waals surface area contributed by atoms with Gasteiger partial charge >= 0.3 is 0 Å². The second kappa shape index (κ2) is 3.98. The summed E-state index contributed by atoms with van der Waals surface area (Å²) >= 11 is 0. The standard InChI is InChI=1S/C20H10.C2H6/c1-2-12-5-6-14-9-10-15-8-7-13-4-3-11(1)16-17(12)19(14)20(15)18(13)16;1-2/h1-10H;1-2H3. The molecule has 0 N–H and O–H groups in total. The van der Waals surface area contributed by atoms with Crippen molar-refractivity contribution in [2.45, 2.75) is 13.8 Å². The van der Waals surface area contributed by atoms with Gasteiger partial charge in [-0.1, -0.05) is 74.5 Å². The number of benzene rings is 5. The van der Waals surface area contributed by atoms with Crippen LogP contribution >= 0.6 is 0 Å². The number of hydrogen-bond donors (Lipinski definition) is 0. The van der Waals surface area contributed by atoms with Gasteiger partial charge in [0.2, 0.25) is 0 Å². The predicted molar refractivity (Wildman–Crippen MR) is 98.9 cm³/mol. The van der Waals surface area contributed by atoms with E-state index in [1.807, 2.05) is 13.8 Å². The van der Waals surface area contributed by atoms with Gasteiger partial charge in [0.1, 0.15) is 0 Å². The molecule has 0 unspecified atom stereocenters. The normalized spacial score (nSPS) is 12.1. The first-order valence-corrected chi connectivity index (χ1v) is 8.05. The van der Waals surface area contributed by atoms with Crippen LogP contribution in [0.1, 0.15) is 13.8 Å². The fraction of sp³-hybridized carbons (Fsp3) is 0.0909. The summed E-state index contributed by atoms with van der Waals surface area (Å²) in [7, 11) is 0. The molecule has 0 heterocycles. The number of hydrogen-bond acceptors (Lipinski definition) is 0. The molecule has 6 aromatic carbocycles. The van der Waals surface area contributed by atoms with Gasteiger partial charge in [0, 0.05) is 0 Å². The lowest BCUT2D eigenvalue weighted by Gasteiger charge is -2.03. The second-order valence-corrected chi connectivity index (χ2v) is 5.82. The largest absolute Gasteiger partial charge is 0.0683 e.